The van der Waals surface area contributed by atoms with Crippen molar-refractivity contribution in [1.82, 2.24) is 0 Å². The quantitative estimate of drug-likeness (QED) is 0.492. The molecule has 30 heavy (non-hydrogen) atoms. The van der Waals surface area contributed by atoms with Crippen molar-refractivity contribution in [2.45, 2.75) is 12.8 Å². The summed E-state index contributed by atoms with van der Waals surface area (Å²) in [6.45, 7) is 0.559. The number of ether oxygens (including phenoxy) is 2. The van der Waals surface area contributed by atoms with Gasteiger partial charge in [0.15, 0.2) is 0 Å². The van der Waals surface area contributed by atoms with Gasteiger partial charge in [-0.1, -0.05) is 48.5 Å². The zero-order valence-corrected chi connectivity index (χ0v) is 16.4. The van der Waals surface area contributed by atoms with Gasteiger partial charge in [-0.05, 0) is 69.9 Å². The molecule has 0 aliphatic carbocycles. The third kappa shape index (κ3) is 4.89. The molecule has 0 aliphatic heterocycles. The lowest BCUT2D eigenvalue weighted by Crippen LogP contribution is -2.03. The fourth-order valence-corrected chi connectivity index (χ4v) is 3.37. The lowest BCUT2D eigenvalue weighted by atomic mass is 10.0. The summed E-state index contributed by atoms with van der Waals surface area (Å²) in [5, 5.41) is 12.6. The summed E-state index contributed by atoms with van der Waals surface area (Å²) in [7, 11) is -4.88. The van der Waals surface area contributed by atoms with Gasteiger partial charge in [0.2, 0.25) is 0 Å². The first-order valence-electron chi connectivity index (χ1n) is 12.5. The number of hydrogen-bond donors (Lipinski definition) is 1. The first kappa shape index (κ1) is 14.4. The fourth-order valence-electron chi connectivity index (χ4n) is 3.37. The Labute approximate surface area is 185 Å². The standard InChI is InChI=1S/C13H15NO.C13H11NO/c2*1-15-12-6-5-10-3-2-4-11(7-8-14)13(10)9-12/h2-6,9H,7-8,14H2,1H3;2-6,9H,7H2,1H3/i2*1D3. The predicted octanol–water partition coefficient (Wildman–Crippen LogP) is 5.26. The Morgan fingerprint density at radius 1 is 0.833 bits per heavy atom. The normalized spacial score (nSPS) is 14.0. The molecule has 2 N–H and O–H groups in total. The summed E-state index contributed by atoms with van der Waals surface area (Å²) < 4.78 is 52.3. The number of methoxy groups -OCH3 is 2. The molecule has 152 valence electrons. The van der Waals surface area contributed by atoms with Crippen LogP contribution in [0.3, 0.4) is 0 Å². The smallest absolute Gasteiger partial charge is 0.119 e. The van der Waals surface area contributed by atoms with E-state index >= 15 is 0 Å². The zero-order valence-electron chi connectivity index (χ0n) is 22.4. The predicted molar refractivity (Wildman–Crippen MR) is 123 cm³/mol. The van der Waals surface area contributed by atoms with E-state index in [2.05, 4.69) is 6.07 Å². The highest BCUT2D eigenvalue weighted by atomic mass is 16.5. The van der Waals surface area contributed by atoms with Crippen LogP contribution in [0.5, 0.6) is 11.5 Å². The van der Waals surface area contributed by atoms with Crippen LogP contribution >= 0.6 is 0 Å². The van der Waals surface area contributed by atoms with E-state index in [0.29, 0.717) is 12.3 Å². The number of fused-ring (bicyclic) bond motifs is 2. The van der Waals surface area contributed by atoms with Crippen LogP contribution in [0.15, 0.2) is 72.8 Å². The van der Waals surface area contributed by atoms with E-state index in [1.165, 1.54) is 0 Å². The van der Waals surface area contributed by atoms with Gasteiger partial charge in [-0.15, -0.1) is 0 Å². The second-order valence-electron chi connectivity index (χ2n) is 6.68. The van der Waals surface area contributed by atoms with Gasteiger partial charge < -0.3 is 15.2 Å². The summed E-state index contributed by atoms with van der Waals surface area (Å²) in [6, 6.07) is 24.0. The molecular formula is C26H26N2O2. The summed E-state index contributed by atoms with van der Waals surface area (Å²) in [6.07, 6.45) is 1.04. The van der Waals surface area contributed by atoms with Gasteiger partial charge in [0.1, 0.15) is 11.5 Å². The Hall–Kier alpha value is -3.55. The van der Waals surface area contributed by atoms with E-state index < -0.39 is 14.1 Å². The Balaban J connectivity index is 0.000000201. The van der Waals surface area contributed by atoms with E-state index in [0.717, 1.165) is 39.1 Å². The van der Waals surface area contributed by atoms with Crippen LogP contribution in [0.25, 0.3) is 21.5 Å². The average molecular weight is 405 g/mol. The summed E-state index contributed by atoms with van der Waals surface area (Å²) in [5.41, 5.74) is 7.54. The van der Waals surface area contributed by atoms with Crippen molar-refractivity contribution in [1.29, 1.82) is 5.26 Å². The average Bonchev–Trinajstić information content (AvgIpc) is 2.79. The van der Waals surface area contributed by atoms with E-state index in [1.54, 1.807) is 30.3 Å². The van der Waals surface area contributed by atoms with Gasteiger partial charge in [-0.25, -0.2) is 0 Å². The molecule has 4 aromatic rings. The van der Waals surface area contributed by atoms with Crippen molar-refractivity contribution in [3.63, 3.8) is 0 Å². The second-order valence-corrected chi connectivity index (χ2v) is 6.68. The molecule has 0 atom stereocenters. The van der Waals surface area contributed by atoms with Gasteiger partial charge in [0, 0.05) is 0 Å². The Morgan fingerprint density at radius 2 is 1.40 bits per heavy atom. The molecule has 0 amide bonds. The monoisotopic (exact) mass is 404 g/mol. The Kier molecular flexibility index (Phi) is 4.95. The van der Waals surface area contributed by atoms with Crippen LogP contribution in [0.4, 0.5) is 0 Å². The Morgan fingerprint density at radius 3 is 1.93 bits per heavy atom. The number of nitriles is 1. The van der Waals surface area contributed by atoms with Gasteiger partial charge in [0.05, 0.1) is 34.8 Å². The molecule has 4 aromatic carbocycles. The molecule has 0 aliphatic rings. The van der Waals surface area contributed by atoms with Crippen molar-refractivity contribution in [2.75, 3.05) is 20.6 Å². The molecule has 0 unspecified atom stereocenters. The molecular weight excluding hydrogens is 372 g/mol. The molecule has 0 radical (unpaired) electrons. The minimum absolute atomic E-state index is 0.285. The number of nitrogens with two attached hydrogens (primary N) is 1. The first-order chi connectivity index (χ1) is 17.0. The minimum atomic E-state index is -2.46. The summed E-state index contributed by atoms with van der Waals surface area (Å²) >= 11 is 0. The summed E-state index contributed by atoms with van der Waals surface area (Å²) in [4.78, 5) is 0. The molecule has 0 fully saturated rings. The van der Waals surface area contributed by atoms with Crippen molar-refractivity contribution in [3.05, 3.63) is 83.9 Å². The second kappa shape index (κ2) is 10.3. The lowest BCUT2D eigenvalue weighted by molar-refractivity contribution is 0.415. The van der Waals surface area contributed by atoms with E-state index in [1.807, 2.05) is 42.5 Å². The van der Waals surface area contributed by atoms with Crippen molar-refractivity contribution < 1.29 is 17.7 Å². The number of benzene rings is 4. The number of rotatable bonds is 5. The van der Waals surface area contributed by atoms with Crippen molar-refractivity contribution in [2.24, 2.45) is 5.73 Å². The van der Waals surface area contributed by atoms with Crippen LogP contribution in [-0.4, -0.2) is 20.6 Å². The maximum Gasteiger partial charge on any atom is 0.119 e. The molecule has 0 spiro atoms. The number of hydrogen-bond acceptors (Lipinski definition) is 4. The van der Waals surface area contributed by atoms with E-state index in [-0.39, 0.29) is 12.2 Å². The SMILES string of the molecule is [2H]C([2H])([2H])Oc1ccc2cccc(CC#N)c2c1.[2H]C([2H])([2H])Oc1ccc2cccc(CCN)c2c1. The molecule has 0 bridgehead atoms. The van der Waals surface area contributed by atoms with Crippen LogP contribution < -0.4 is 15.2 Å². The first-order valence-corrected chi connectivity index (χ1v) is 9.47. The summed E-state index contributed by atoms with van der Waals surface area (Å²) in [5.74, 6) is 0.639. The molecule has 0 saturated heterocycles. The zero-order chi connectivity index (χ0) is 26.3. The van der Waals surface area contributed by atoms with Crippen LogP contribution in [0.1, 0.15) is 19.4 Å². The van der Waals surface area contributed by atoms with Gasteiger partial charge >= 0.3 is 0 Å². The minimum Gasteiger partial charge on any atom is -0.497 e. The topological polar surface area (TPSA) is 68.3 Å². The molecule has 0 aromatic heterocycles. The third-order valence-electron chi connectivity index (χ3n) is 4.81. The lowest BCUT2D eigenvalue weighted by Gasteiger charge is -2.07. The fraction of sp³-hybridized carbons (Fsp3) is 0.192. The van der Waals surface area contributed by atoms with Crippen molar-refractivity contribution in [3.8, 4) is 17.6 Å². The molecule has 4 nitrogen and oxygen atoms in total. The van der Waals surface area contributed by atoms with E-state index in [9.17, 15) is 0 Å². The molecule has 4 heteroatoms. The maximum absolute atomic E-state index is 8.76. The highest BCUT2D eigenvalue weighted by Crippen LogP contribution is 2.25. The number of nitrogens with zero attached hydrogens (tertiary/aromatic N) is 1. The van der Waals surface area contributed by atoms with Crippen molar-refractivity contribution >= 4 is 21.5 Å². The van der Waals surface area contributed by atoms with E-state index in [4.69, 9.17) is 28.7 Å². The Bertz CT molecular complexity index is 1380. The maximum atomic E-state index is 8.76. The van der Waals surface area contributed by atoms with Crippen LogP contribution in [-0.2, 0) is 12.8 Å². The third-order valence-corrected chi connectivity index (χ3v) is 4.81. The largest absolute Gasteiger partial charge is 0.497 e. The molecule has 0 heterocycles. The van der Waals surface area contributed by atoms with Gasteiger partial charge in [-0.3, -0.25) is 0 Å². The highest BCUT2D eigenvalue weighted by molar-refractivity contribution is 5.88. The highest BCUT2D eigenvalue weighted by Gasteiger charge is 2.02. The molecule has 4 rings (SSSR count). The van der Waals surface area contributed by atoms with Gasteiger partial charge in [0.25, 0.3) is 0 Å². The van der Waals surface area contributed by atoms with Crippen LogP contribution in [0, 0.1) is 11.3 Å². The molecule has 0 saturated carbocycles. The van der Waals surface area contributed by atoms with Crippen LogP contribution in [0.2, 0.25) is 0 Å². The van der Waals surface area contributed by atoms with Gasteiger partial charge in [-0.2, -0.15) is 5.26 Å².